The van der Waals surface area contributed by atoms with Gasteiger partial charge in [0, 0.05) is 20.1 Å². The lowest BCUT2D eigenvalue weighted by molar-refractivity contribution is -0.117. The van der Waals surface area contributed by atoms with Crippen molar-refractivity contribution < 1.29 is 9.90 Å². The van der Waals surface area contributed by atoms with Crippen LogP contribution < -0.4 is 5.32 Å². The van der Waals surface area contributed by atoms with Crippen LogP contribution >= 0.6 is 0 Å². The van der Waals surface area contributed by atoms with Gasteiger partial charge in [-0.15, -0.1) is 0 Å². The predicted molar refractivity (Wildman–Crippen MR) is 68.4 cm³/mol. The van der Waals surface area contributed by atoms with E-state index in [-0.39, 0.29) is 12.0 Å². The summed E-state index contributed by atoms with van der Waals surface area (Å²) in [6, 6.07) is 0. The van der Waals surface area contributed by atoms with E-state index in [1.165, 1.54) is 0 Å². The highest BCUT2D eigenvalue weighted by atomic mass is 16.3. The molecule has 0 radical (unpaired) electrons. The summed E-state index contributed by atoms with van der Waals surface area (Å²) in [5.41, 5.74) is 2.56. The van der Waals surface area contributed by atoms with Crippen molar-refractivity contribution in [2.75, 3.05) is 25.0 Å². The first-order chi connectivity index (χ1) is 8.47. The monoisotopic (exact) mass is 252 g/mol. The summed E-state index contributed by atoms with van der Waals surface area (Å²) >= 11 is 0. The number of carbonyl (C=O) groups excluding carboxylic acids is 1. The molecule has 2 rings (SSSR count). The molecule has 100 valence electrons. The zero-order valence-corrected chi connectivity index (χ0v) is 11.1. The molecule has 0 unspecified atom stereocenters. The number of likely N-dealkylation sites (tertiary alicyclic amines) is 1. The lowest BCUT2D eigenvalue weighted by Gasteiger charge is -2.14. The van der Waals surface area contributed by atoms with Crippen LogP contribution in [0.5, 0.6) is 0 Å². The molecule has 6 heteroatoms. The first-order valence-electron chi connectivity index (χ1n) is 6.18. The van der Waals surface area contributed by atoms with Gasteiger partial charge < -0.3 is 10.4 Å². The first-order valence-corrected chi connectivity index (χ1v) is 6.18. The molecule has 1 atom stereocenters. The van der Waals surface area contributed by atoms with Gasteiger partial charge >= 0.3 is 0 Å². The molecule has 6 nitrogen and oxygen atoms in total. The van der Waals surface area contributed by atoms with Gasteiger partial charge in [0.05, 0.1) is 29.7 Å². The standard InChI is InChI=1S/C12H20N4O2/c1-8-12(9(2)15(3)14-8)13-11(18)7-16-5-4-10(17)6-16/h10,17H,4-7H2,1-3H3,(H,13,18)/t10-/m1/s1. The largest absolute Gasteiger partial charge is 0.392 e. The number of nitrogens with one attached hydrogen (secondary N) is 1. The Bertz CT molecular complexity index is 455. The maximum Gasteiger partial charge on any atom is 0.238 e. The molecule has 0 saturated carbocycles. The summed E-state index contributed by atoms with van der Waals surface area (Å²) in [5.74, 6) is -0.0525. The molecule has 0 bridgehead atoms. The van der Waals surface area contributed by atoms with E-state index in [0.717, 1.165) is 30.0 Å². The predicted octanol–water partition coefficient (Wildman–Crippen LogP) is 0.0420. The fourth-order valence-electron chi connectivity index (χ4n) is 2.29. The number of aromatic nitrogens is 2. The Morgan fingerprint density at radius 2 is 2.28 bits per heavy atom. The van der Waals surface area contributed by atoms with Crippen LogP contribution in [0, 0.1) is 13.8 Å². The fraction of sp³-hybridized carbons (Fsp3) is 0.667. The van der Waals surface area contributed by atoms with Gasteiger partial charge in [-0.1, -0.05) is 0 Å². The van der Waals surface area contributed by atoms with Gasteiger partial charge in [0.15, 0.2) is 0 Å². The molecule has 2 N–H and O–H groups in total. The summed E-state index contributed by atoms with van der Waals surface area (Å²) in [4.78, 5) is 13.9. The number of amides is 1. The van der Waals surface area contributed by atoms with Crippen LogP contribution in [0.3, 0.4) is 0 Å². The normalized spacial score (nSPS) is 20.3. The summed E-state index contributed by atoms with van der Waals surface area (Å²) in [6.45, 7) is 5.49. The van der Waals surface area contributed by atoms with E-state index < -0.39 is 0 Å². The van der Waals surface area contributed by atoms with E-state index in [1.54, 1.807) is 4.68 Å². The Hall–Kier alpha value is -1.40. The fourth-order valence-corrected chi connectivity index (χ4v) is 2.29. The van der Waals surface area contributed by atoms with Gasteiger partial charge in [-0.05, 0) is 20.3 Å². The smallest absolute Gasteiger partial charge is 0.238 e. The molecule has 1 fully saturated rings. The molecular weight excluding hydrogens is 232 g/mol. The van der Waals surface area contributed by atoms with Gasteiger partial charge in [0.2, 0.25) is 5.91 Å². The van der Waals surface area contributed by atoms with Crippen LogP contribution in [0.15, 0.2) is 0 Å². The second-order valence-electron chi connectivity index (χ2n) is 4.90. The zero-order valence-electron chi connectivity index (χ0n) is 11.1. The molecule has 18 heavy (non-hydrogen) atoms. The Labute approximate surface area is 107 Å². The molecule has 0 aliphatic carbocycles. The highest BCUT2D eigenvalue weighted by Crippen LogP contribution is 2.18. The molecule has 1 saturated heterocycles. The SMILES string of the molecule is Cc1nn(C)c(C)c1NC(=O)CN1CC[C@@H](O)C1. The average Bonchev–Trinajstić information content (AvgIpc) is 2.78. The maximum atomic E-state index is 11.9. The number of rotatable bonds is 3. The molecule has 1 aliphatic rings. The molecule has 0 spiro atoms. The highest BCUT2D eigenvalue weighted by molar-refractivity contribution is 5.93. The van der Waals surface area contributed by atoms with Crippen LogP contribution in [0.1, 0.15) is 17.8 Å². The second kappa shape index (κ2) is 5.07. The Morgan fingerprint density at radius 1 is 1.56 bits per heavy atom. The highest BCUT2D eigenvalue weighted by Gasteiger charge is 2.22. The third kappa shape index (κ3) is 2.70. The number of hydrogen-bond donors (Lipinski definition) is 2. The molecule has 1 amide bonds. The minimum atomic E-state index is -0.292. The average molecular weight is 252 g/mol. The Morgan fingerprint density at radius 3 is 2.78 bits per heavy atom. The minimum Gasteiger partial charge on any atom is -0.392 e. The topological polar surface area (TPSA) is 70.4 Å². The number of anilines is 1. The number of carbonyl (C=O) groups is 1. The second-order valence-corrected chi connectivity index (χ2v) is 4.90. The summed E-state index contributed by atoms with van der Waals surface area (Å²) in [5, 5.41) is 16.6. The van der Waals surface area contributed by atoms with Gasteiger partial charge in [-0.3, -0.25) is 14.4 Å². The molecular formula is C12H20N4O2. The third-order valence-electron chi connectivity index (χ3n) is 3.39. The van der Waals surface area contributed by atoms with Crippen molar-refractivity contribution in [2.24, 2.45) is 7.05 Å². The van der Waals surface area contributed by atoms with Gasteiger partial charge in [0.25, 0.3) is 0 Å². The van der Waals surface area contributed by atoms with Crippen LogP contribution in [-0.2, 0) is 11.8 Å². The van der Waals surface area contributed by atoms with Gasteiger partial charge in [-0.2, -0.15) is 5.10 Å². The van der Waals surface area contributed by atoms with Crippen molar-refractivity contribution in [2.45, 2.75) is 26.4 Å². The number of aliphatic hydroxyl groups is 1. The van der Waals surface area contributed by atoms with Crippen molar-refractivity contribution in [3.63, 3.8) is 0 Å². The summed E-state index contributed by atoms with van der Waals surface area (Å²) in [6.07, 6.45) is 0.456. The number of aliphatic hydroxyl groups excluding tert-OH is 1. The van der Waals surface area contributed by atoms with E-state index in [9.17, 15) is 9.90 Å². The van der Waals surface area contributed by atoms with Crippen molar-refractivity contribution in [3.05, 3.63) is 11.4 Å². The lowest BCUT2D eigenvalue weighted by Crippen LogP contribution is -2.32. The summed E-state index contributed by atoms with van der Waals surface area (Å²) in [7, 11) is 1.86. The maximum absolute atomic E-state index is 11.9. The number of nitrogens with zero attached hydrogens (tertiary/aromatic N) is 3. The van der Waals surface area contributed by atoms with E-state index in [0.29, 0.717) is 13.1 Å². The first kappa shape index (κ1) is 13.0. The van der Waals surface area contributed by atoms with E-state index in [2.05, 4.69) is 10.4 Å². The Balaban J connectivity index is 1.95. The van der Waals surface area contributed by atoms with Crippen molar-refractivity contribution in [1.29, 1.82) is 0 Å². The zero-order chi connectivity index (χ0) is 13.3. The van der Waals surface area contributed by atoms with E-state index >= 15 is 0 Å². The van der Waals surface area contributed by atoms with Crippen LogP contribution in [0.2, 0.25) is 0 Å². The van der Waals surface area contributed by atoms with Crippen LogP contribution in [0.4, 0.5) is 5.69 Å². The number of β-amino-alcohol motifs (C(OH)–C–C–N with tert-alkyl or cyclic N) is 1. The van der Waals surface area contributed by atoms with Crippen LogP contribution in [0.25, 0.3) is 0 Å². The summed E-state index contributed by atoms with van der Waals surface area (Å²) < 4.78 is 1.75. The quantitative estimate of drug-likeness (QED) is 0.797. The van der Waals surface area contributed by atoms with Crippen molar-refractivity contribution in [3.8, 4) is 0 Å². The van der Waals surface area contributed by atoms with Crippen molar-refractivity contribution in [1.82, 2.24) is 14.7 Å². The van der Waals surface area contributed by atoms with E-state index in [1.807, 2.05) is 25.8 Å². The molecule has 1 aliphatic heterocycles. The van der Waals surface area contributed by atoms with Gasteiger partial charge in [-0.25, -0.2) is 0 Å². The Kier molecular flexibility index (Phi) is 3.68. The third-order valence-corrected chi connectivity index (χ3v) is 3.39. The van der Waals surface area contributed by atoms with Crippen molar-refractivity contribution >= 4 is 11.6 Å². The molecule has 1 aromatic rings. The lowest BCUT2D eigenvalue weighted by atomic mass is 10.3. The van der Waals surface area contributed by atoms with Crippen LogP contribution in [-0.4, -0.2) is 51.4 Å². The number of aryl methyl sites for hydroxylation is 2. The van der Waals surface area contributed by atoms with E-state index in [4.69, 9.17) is 0 Å². The molecule has 0 aromatic carbocycles. The van der Waals surface area contributed by atoms with Gasteiger partial charge in [0.1, 0.15) is 0 Å². The number of hydrogen-bond acceptors (Lipinski definition) is 4. The molecule has 1 aromatic heterocycles. The molecule has 2 heterocycles. The minimum absolute atomic E-state index is 0.0525.